The standard InChI is InChI=1S/C16H32O4/c1-5-7-8-18-9-10-19-11-12-20-16(17)15(6-2)13-14(3)4/h14-15H,5-13H2,1-4H3/t15-/m0/s1. The van der Waals surface area contributed by atoms with Crippen LogP contribution in [0.1, 0.15) is 53.4 Å². The Morgan fingerprint density at radius 1 is 0.950 bits per heavy atom. The molecule has 4 nitrogen and oxygen atoms in total. The largest absolute Gasteiger partial charge is 0.463 e. The van der Waals surface area contributed by atoms with Crippen molar-refractivity contribution in [1.82, 2.24) is 0 Å². The Hall–Kier alpha value is -0.610. The van der Waals surface area contributed by atoms with E-state index in [1.54, 1.807) is 0 Å². The molecule has 0 spiro atoms. The van der Waals surface area contributed by atoms with Gasteiger partial charge in [0.15, 0.2) is 0 Å². The maximum atomic E-state index is 11.8. The van der Waals surface area contributed by atoms with Gasteiger partial charge in [-0.05, 0) is 25.2 Å². The minimum absolute atomic E-state index is 0.0207. The monoisotopic (exact) mass is 288 g/mol. The SMILES string of the molecule is CCCCOCCOCCOC(=O)[C@@H](CC)CC(C)C. The predicted molar refractivity (Wildman–Crippen MR) is 80.7 cm³/mol. The molecule has 0 aromatic rings. The van der Waals surface area contributed by atoms with Crippen molar-refractivity contribution in [3.8, 4) is 0 Å². The Bertz CT molecular complexity index is 229. The molecule has 20 heavy (non-hydrogen) atoms. The summed E-state index contributed by atoms with van der Waals surface area (Å²) in [5.41, 5.74) is 0. The lowest BCUT2D eigenvalue weighted by Crippen LogP contribution is -2.21. The van der Waals surface area contributed by atoms with Crippen LogP contribution in [0.25, 0.3) is 0 Å². The lowest BCUT2D eigenvalue weighted by Gasteiger charge is -2.16. The van der Waals surface area contributed by atoms with Crippen LogP contribution >= 0.6 is 0 Å². The molecule has 0 amide bonds. The molecule has 0 radical (unpaired) electrons. The number of hydrogen-bond acceptors (Lipinski definition) is 4. The summed E-state index contributed by atoms with van der Waals surface area (Å²) in [7, 11) is 0. The highest BCUT2D eigenvalue weighted by Gasteiger charge is 2.18. The molecule has 0 heterocycles. The number of carbonyl (C=O) groups excluding carboxylic acids is 1. The van der Waals surface area contributed by atoms with E-state index in [0.717, 1.165) is 32.3 Å². The van der Waals surface area contributed by atoms with Gasteiger partial charge in [0.2, 0.25) is 0 Å². The number of unbranched alkanes of at least 4 members (excludes halogenated alkanes) is 1. The van der Waals surface area contributed by atoms with E-state index < -0.39 is 0 Å². The van der Waals surface area contributed by atoms with Crippen molar-refractivity contribution in [1.29, 1.82) is 0 Å². The van der Waals surface area contributed by atoms with E-state index in [1.165, 1.54) is 0 Å². The van der Waals surface area contributed by atoms with E-state index in [4.69, 9.17) is 14.2 Å². The Balaban J connectivity index is 3.46. The summed E-state index contributed by atoms with van der Waals surface area (Å²) in [4.78, 5) is 11.8. The van der Waals surface area contributed by atoms with Crippen molar-refractivity contribution in [2.24, 2.45) is 11.8 Å². The van der Waals surface area contributed by atoms with E-state index >= 15 is 0 Å². The zero-order valence-electron chi connectivity index (χ0n) is 13.7. The number of rotatable bonds is 13. The van der Waals surface area contributed by atoms with Gasteiger partial charge < -0.3 is 14.2 Å². The highest BCUT2D eigenvalue weighted by Crippen LogP contribution is 2.16. The molecular formula is C16H32O4. The van der Waals surface area contributed by atoms with E-state index in [-0.39, 0.29) is 11.9 Å². The van der Waals surface area contributed by atoms with E-state index in [9.17, 15) is 4.79 Å². The van der Waals surface area contributed by atoms with Crippen LogP contribution < -0.4 is 0 Å². The van der Waals surface area contributed by atoms with Crippen molar-refractivity contribution in [2.75, 3.05) is 33.0 Å². The molecule has 0 aliphatic heterocycles. The molecule has 0 saturated carbocycles. The van der Waals surface area contributed by atoms with Gasteiger partial charge in [-0.15, -0.1) is 0 Å². The average Bonchev–Trinajstić information content (AvgIpc) is 2.42. The molecule has 0 aliphatic carbocycles. The molecule has 0 aliphatic rings. The van der Waals surface area contributed by atoms with Crippen molar-refractivity contribution in [2.45, 2.75) is 53.4 Å². The Morgan fingerprint density at radius 3 is 2.10 bits per heavy atom. The van der Waals surface area contributed by atoms with Crippen molar-refractivity contribution in [3.05, 3.63) is 0 Å². The van der Waals surface area contributed by atoms with Crippen LogP contribution in [-0.4, -0.2) is 39.0 Å². The third-order valence-electron chi connectivity index (χ3n) is 3.07. The van der Waals surface area contributed by atoms with Crippen molar-refractivity contribution < 1.29 is 19.0 Å². The Labute approximate surface area is 124 Å². The Kier molecular flexibility index (Phi) is 13.0. The maximum absolute atomic E-state index is 11.8. The first-order valence-corrected chi connectivity index (χ1v) is 7.93. The van der Waals surface area contributed by atoms with Crippen LogP contribution in [0.5, 0.6) is 0 Å². The average molecular weight is 288 g/mol. The van der Waals surface area contributed by atoms with Gasteiger partial charge in [0.1, 0.15) is 6.61 Å². The zero-order chi connectivity index (χ0) is 15.2. The van der Waals surface area contributed by atoms with Crippen LogP contribution in [0, 0.1) is 11.8 Å². The fourth-order valence-electron chi connectivity index (χ4n) is 1.89. The minimum atomic E-state index is -0.0935. The maximum Gasteiger partial charge on any atom is 0.309 e. The van der Waals surface area contributed by atoms with Gasteiger partial charge in [0, 0.05) is 6.61 Å². The summed E-state index contributed by atoms with van der Waals surface area (Å²) in [6, 6.07) is 0. The first-order chi connectivity index (χ1) is 9.61. The molecule has 0 saturated heterocycles. The molecule has 1 atom stereocenters. The quantitative estimate of drug-likeness (QED) is 0.385. The normalized spacial score (nSPS) is 12.7. The second-order valence-electron chi connectivity index (χ2n) is 5.48. The highest BCUT2D eigenvalue weighted by atomic mass is 16.6. The van der Waals surface area contributed by atoms with Crippen LogP contribution in [-0.2, 0) is 19.0 Å². The highest BCUT2D eigenvalue weighted by molar-refractivity contribution is 5.72. The zero-order valence-corrected chi connectivity index (χ0v) is 13.7. The van der Waals surface area contributed by atoms with Gasteiger partial charge in [-0.2, -0.15) is 0 Å². The Morgan fingerprint density at radius 2 is 1.55 bits per heavy atom. The molecule has 4 heteroatoms. The van der Waals surface area contributed by atoms with E-state index in [1.807, 2.05) is 6.92 Å². The van der Waals surface area contributed by atoms with Crippen molar-refractivity contribution in [3.63, 3.8) is 0 Å². The first kappa shape index (κ1) is 19.4. The third-order valence-corrected chi connectivity index (χ3v) is 3.07. The molecule has 120 valence electrons. The number of hydrogen-bond donors (Lipinski definition) is 0. The second kappa shape index (κ2) is 13.4. The van der Waals surface area contributed by atoms with Gasteiger partial charge in [0.05, 0.1) is 25.7 Å². The topological polar surface area (TPSA) is 44.8 Å². The molecule has 0 fully saturated rings. The summed E-state index contributed by atoms with van der Waals surface area (Å²) < 4.78 is 16.0. The van der Waals surface area contributed by atoms with Crippen molar-refractivity contribution >= 4 is 5.97 Å². The lowest BCUT2D eigenvalue weighted by atomic mass is 9.95. The summed E-state index contributed by atoms with van der Waals surface area (Å²) in [6.45, 7) is 11.2. The molecule has 0 aromatic carbocycles. The molecule has 0 rings (SSSR count). The van der Waals surface area contributed by atoms with Crippen LogP contribution in [0.4, 0.5) is 0 Å². The number of esters is 1. The van der Waals surface area contributed by atoms with E-state index in [2.05, 4.69) is 20.8 Å². The third kappa shape index (κ3) is 11.2. The summed E-state index contributed by atoms with van der Waals surface area (Å²) >= 11 is 0. The van der Waals surface area contributed by atoms with Crippen LogP contribution in [0.3, 0.4) is 0 Å². The van der Waals surface area contributed by atoms with E-state index in [0.29, 0.717) is 32.3 Å². The summed E-state index contributed by atoms with van der Waals surface area (Å²) in [6.07, 6.45) is 3.96. The molecular weight excluding hydrogens is 256 g/mol. The molecule has 0 aromatic heterocycles. The summed E-state index contributed by atoms with van der Waals surface area (Å²) in [5.74, 6) is 0.445. The van der Waals surface area contributed by atoms with Gasteiger partial charge in [-0.3, -0.25) is 4.79 Å². The molecule has 0 unspecified atom stereocenters. The van der Waals surface area contributed by atoms with Crippen LogP contribution in [0.2, 0.25) is 0 Å². The second-order valence-corrected chi connectivity index (χ2v) is 5.48. The smallest absolute Gasteiger partial charge is 0.309 e. The predicted octanol–water partition coefficient (Wildman–Crippen LogP) is 3.44. The molecule has 0 bridgehead atoms. The first-order valence-electron chi connectivity index (χ1n) is 7.93. The minimum Gasteiger partial charge on any atom is -0.463 e. The van der Waals surface area contributed by atoms with Gasteiger partial charge in [-0.1, -0.05) is 34.1 Å². The fraction of sp³-hybridized carbons (Fsp3) is 0.938. The number of ether oxygens (including phenoxy) is 3. The van der Waals surface area contributed by atoms with Crippen LogP contribution in [0.15, 0.2) is 0 Å². The summed E-state index contributed by atoms with van der Waals surface area (Å²) in [5, 5.41) is 0. The van der Waals surface area contributed by atoms with Gasteiger partial charge in [0.25, 0.3) is 0 Å². The van der Waals surface area contributed by atoms with Gasteiger partial charge in [-0.25, -0.2) is 0 Å². The molecule has 0 N–H and O–H groups in total. The lowest BCUT2D eigenvalue weighted by molar-refractivity contribution is -0.151. The fourth-order valence-corrected chi connectivity index (χ4v) is 1.89. The van der Waals surface area contributed by atoms with Gasteiger partial charge >= 0.3 is 5.97 Å². The number of carbonyl (C=O) groups is 1.